The molecule has 0 atom stereocenters. The summed E-state index contributed by atoms with van der Waals surface area (Å²) in [7, 11) is 0. The standard InChI is InChI=1S/C16H31N3/c1-2-3-4-5-6-7-8-9-10-11-12-13-14-16-17-15-18-19-16/h15H,2-14H2,1H3,(H,17,18,19). The minimum atomic E-state index is 1.03. The number of unbranched alkanes of at least 4 members (excludes halogenated alkanes) is 11. The minimum absolute atomic E-state index is 1.03. The molecule has 1 rings (SSSR count). The number of hydrogen-bond acceptors (Lipinski definition) is 2. The zero-order chi connectivity index (χ0) is 13.6. The number of nitrogens with zero attached hydrogens (tertiary/aromatic N) is 2. The van der Waals surface area contributed by atoms with Gasteiger partial charge in [-0.25, -0.2) is 4.98 Å². The summed E-state index contributed by atoms with van der Waals surface area (Å²) in [6, 6.07) is 0. The first kappa shape index (κ1) is 16.2. The molecule has 0 aliphatic heterocycles. The number of aryl methyl sites for hydroxylation is 1. The summed E-state index contributed by atoms with van der Waals surface area (Å²) < 4.78 is 0. The Bertz CT molecular complexity index is 270. The summed E-state index contributed by atoms with van der Waals surface area (Å²) >= 11 is 0. The molecule has 0 saturated carbocycles. The predicted molar refractivity (Wildman–Crippen MR) is 81.2 cm³/mol. The smallest absolute Gasteiger partial charge is 0.137 e. The van der Waals surface area contributed by atoms with Crippen molar-refractivity contribution in [2.24, 2.45) is 0 Å². The van der Waals surface area contributed by atoms with Crippen LogP contribution in [0.1, 0.15) is 89.8 Å². The third kappa shape index (κ3) is 9.69. The molecule has 110 valence electrons. The van der Waals surface area contributed by atoms with E-state index < -0.39 is 0 Å². The lowest BCUT2D eigenvalue weighted by atomic mass is 10.0. The van der Waals surface area contributed by atoms with Crippen molar-refractivity contribution in [3.05, 3.63) is 12.2 Å². The zero-order valence-electron chi connectivity index (χ0n) is 12.7. The Morgan fingerprint density at radius 2 is 1.32 bits per heavy atom. The van der Waals surface area contributed by atoms with Crippen LogP contribution in [-0.4, -0.2) is 15.2 Å². The van der Waals surface area contributed by atoms with Crippen LogP contribution in [0.15, 0.2) is 6.33 Å². The second-order valence-corrected chi connectivity index (χ2v) is 5.57. The van der Waals surface area contributed by atoms with Crippen LogP contribution < -0.4 is 0 Å². The van der Waals surface area contributed by atoms with Crippen LogP contribution in [0.3, 0.4) is 0 Å². The number of aromatic amines is 1. The Kier molecular flexibility index (Phi) is 10.4. The van der Waals surface area contributed by atoms with Gasteiger partial charge in [0.15, 0.2) is 0 Å². The Hall–Kier alpha value is -0.860. The molecule has 0 bridgehead atoms. The van der Waals surface area contributed by atoms with Gasteiger partial charge in [-0.05, 0) is 6.42 Å². The van der Waals surface area contributed by atoms with Gasteiger partial charge in [-0.1, -0.05) is 77.6 Å². The Morgan fingerprint density at radius 3 is 1.79 bits per heavy atom. The van der Waals surface area contributed by atoms with Crippen molar-refractivity contribution >= 4 is 0 Å². The minimum Gasteiger partial charge on any atom is -0.263 e. The average molecular weight is 265 g/mol. The third-order valence-electron chi connectivity index (χ3n) is 3.73. The summed E-state index contributed by atoms with van der Waals surface area (Å²) in [6.07, 6.45) is 19.4. The summed E-state index contributed by atoms with van der Waals surface area (Å²) in [5, 5.41) is 6.78. The van der Waals surface area contributed by atoms with Gasteiger partial charge in [0.2, 0.25) is 0 Å². The Morgan fingerprint density at radius 1 is 0.789 bits per heavy atom. The second-order valence-electron chi connectivity index (χ2n) is 5.57. The molecule has 0 radical (unpaired) electrons. The molecule has 3 heteroatoms. The molecule has 19 heavy (non-hydrogen) atoms. The van der Waals surface area contributed by atoms with Gasteiger partial charge in [-0.3, -0.25) is 5.10 Å². The highest BCUT2D eigenvalue weighted by Gasteiger charge is 1.96. The van der Waals surface area contributed by atoms with E-state index in [0.717, 1.165) is 12.2 Å². The molecule has 1 aromatic heterocycles. The Balaban J connectivity index is 1.72. The second kappa shape index (κ2) is 12.2. The highest BCUT2D eigenvalue weighted by molar-refractivity contribution is 4.79. The molecule has 0 aromatic carbocycles. The van der Waals surface area contributed by atoms with Gasteiger partial charge < -0.3 is 0 Å². The quantitative estimate of drug-likeness (QED) is 0.507. The lowest BCUT2D eigenvalue weighted by Gasteiger charge is -2.02. The maximum atomic E-state index is 4.14. The molecule has 0 unspecified atom stereocenters. The van der Waals surface area contributed by atoms with Gasteiger partial charge in [0.05, 0.1) is 0 Å². The summed E-state index contributed by atoms with van der Waals surface area (Å²) in [5.41, 5.74) is 0. The third-order valence-corrected chi connectivity index (χ3v) is 3.73. The van der Waals surface area contributed by atoms with Gasteiger partial charge in [0.1, 0.15) is 12.2 Å². The number of aromatic nitrogens is 3. The maximum Gasteiger partial charge on any atom is 0.137 e. The molecule has 3 nitrogen and oxygen atoms in total. The SMILES string of the molecule is CCCCCCCCCCCCCCc1ncn[nH]1. The number of nitrogens with one attached hydrogen (secondary N) is 1. The fraction of sp³-hybridized carbons (Fsp3) is 0.875. The van der Waals surface area contributed by atoms with Crippen LogP contribution in [0.5, 0.6) is 0 Å². The largest absolute Gasteiger partial charge is 0.263 e. The van der Waals surface area contributed by atoms with Crippen molar-refractivity contribution in [2.45, 2.75) is 90.4 Å². The van der Waals surface area contributed by atoms with E-state index in [2.05, 4.69) is 22.1 Å². The first-order valence-electron chi connectivity index (χ1n) is 8.27. The van der Waals surface area contributed by atoms with Crippen molar-refractivity contribution in [3.8, 4) is 0 Å². The fourth-order valence-electron chi connectivity index (χ4n) is 2.48. The molecule has 0 fully saturated rings. The van der Waals surface area contributed by atoms with Crippen LogP contribution in [0.4, 0.5) is 0 Å². The summed E-state index contributed by atoms with van der Waals surface area (Å²) in [5.74, 6) is 1.03. The van der Waals surface area contributed by atoms with Crippen LogP contribution in [-0.2, 0) is 6.42 Å². The molecular formula is C16H31N3. The maximum absolute atomic E-state index is 4.14. The first-order valence-corrected chi connectivity index (χ1v) is 8.27. The van der Waals surface area contributed by atoms with E-state index in [-0.39, 0.29) is 0 Å². The molecule has 0 spiro atoms. The summed E-state index contributed by atoms with van der Waals surface area (Å²) in [4.78, 5) is 4.14. The molecule has 1 N–H and O–H groups in total. The van der Waals surface area contributed by atoms with Crippen LogP contribution in [0.25, 0.3) is 0 Å². The van der Waals surface area contributed by atoms with Crippen molar-refractivity contribution in [1.82, 2.24) is 15.2 Å². The number of H-pyrrole nitrogens is 1. The topological polar surface area (TPSA) is 41.6 Å². The molecular weight excluding hydrogens is 234 g/mol. The van der Waals surface area contributed by atoms with Gasteiger partial charge >= 0.3 is 0 Å². The molecule has 0 saturated heterocycles. The van der Waals surface area contributed by atoms with E-state index in [4.69, 9.17) is 0 Å². The van der Waals surface area contributed by atoms with Crippen molar-refractivity contribution < 1.29 is 0 Å². The van der Waals surface area contributed by atoms with E-state index in [1.807, 2.05) is 0 Å². The van der Waals surface area contributed by atoms with Crippen LogP contribution >= 0.6 is 0 Å². The first-order chi connectivity index (χ1) is 9.43. The monoisotopic (exact) mass is 265 g/mol. The van der Waals surface area contributed by atoms with Gasteiger partial charge in [-0.15, -0.1) is 0 Å². The van der Waals surface area contributed by atoms with Gasteiger partial charge in [-0.2, -0.15) is 5.10 Å². The van der Waals surface area contributed by atoms with Crippen LogP contribution in [0.2, 0.25) is 0 Å². The highest BCUT2D eigenvalue weighted by atomic mass is 15.2. The summed E-state index contributed by atoms with van der Waals surface area (Å²) in [6.45, 7) is 2.28. The molecule has 1 aromatic rings. The molecule has 1 heterocycles. The van der Waals surface area contributed by atoms with Crippen molar-refractivity contribution in [1.29, 1.82) is 0 Å². The lowest BCUT2D eigenvalue weighted by Crippen LogP contribution is -1.89. The Labute approximate surface area is 118 Å². The van der Waals surface area contributed by atoms with E-state index in [1.165, 1.54) is 77.0 Å². The predicted octanol–water partition coefficient (Wildman–Crippen LogP) is 5.05. The van der Waals surface area contributed by atoms with Crippen molar-refractivity contribution in [3.63, 3.8) is 0 Å². The van der Waals surface area contributed by atoms with Crippen molar-refractivity contribution in [2.75, 3.05) is 0 Å². The van der Waals surface area contributed by atoms with Gasteiger partial charge in [0, 0.05) is 6.42 Å². The van der Waals surface area contributed by atoms with E-state index in [0.29, 0.717) is 0 Å². The highest BCUT2D eigenvalue weighted by Crippen LogP contribution is 2.12. The van der Waals surface area contributed by atoms with E-state index >= 15 is 0 Å². The molecule has 0 aliphatic rings. The fourth-order valence-corrected chi connectivity index (χ4v) is 2.48. The van der Waals surface area contributed by atoms with E-state index in [9.17, 15) is 0 Å². The normalized spacial score (nSPS) is 11.0. The number of rotatable bonds is 13. The van der Waals surface area contributed by atoms with Gasteiger partial charge in [0.25, 0.3) is 0 Å². The lowest BCUT2D eigenvalue weighted by molar-refractivity contribution is 0.542. The average Bonchev–Trinajstić information content (AvgIpc) is 2.93. The zero-order valence-corrected chi connectivity index (χ0v) is 12.7. The molecule has 0 aliphatic carbocycles. The number of hydrogen-bond donors (Lipinski definition) is 1. The van der Waals surface area contributed by atoms with Crippen LogP contribution in [0, 0.1) is 0 Å². The van der Waals surface area contributed by atoms with E-state index in [1.54, 1.807) is 6.33 Å². The molecule has 0 amide bonds.